The van der Waals surface area contributed by atoms with Gasteiger partial charge in [-0.3, -0.25) is 0 Å². The number of aromatic nitrogens is 5. The number of hydrogen-bond acceptors (Lipinski definition) is 6. The Bertz CT molecular complexity index is 926. The molecule has 3 aromatic rings. The molecule has 0 unspecified atom stereocenters. The Kier molecular flexibility index (Phi) is 4.41. The van der Waals surface area contributed by atoms with E-state index < -0.39 is 5.95 Å². The SMILES string of the molecule is CC(C)(C)c1nnc2ccc(N3CCC(Oc4ccc(F)nc4)CC3)nn12. The average Bonchev–Trinajstić information content (AvgIpc) is 3.08. The number of halogens is 1. The highest BCUT2D eigenvalue weighted by atomic mass is 19.1. The first kappa shape index (κ1) is 17.6. The second-order valence-electron chi connectivity index (χ2n) is 7.86. The molecule has 0 bridgehead atoms. The first-order valence-electron chi connectivity index (χ1n) is 9.16. The van der Waals surface area contributed by atoms with Crippen molar-refractivity contribution in [2.45, 2.75) is 45.1 Å². The predicted molar refractivity (Wildman–Crippen MR) is 99.5 cm³/mol. The number of ether oxygens (including phenoxy) is 1. The number of hydrogen-bond donors (Lipinski definition) is 0. The summed E-state index contributed by atoms with van der Waals surface area (Å²) in [5.41, 5.74) is 0.625. The van der Waals surface area contributed by atoms with Crippen LogP contribution >= 0.6 is 0 Å². The molecule has 0 radical (unpaired) electrons. The zero-order valence-corrected chi connectivity index (χ0v) is 15.8. The largest absolute Gasteiger partial charge is 0.489 e. The minimum atomic E-state index is -0.498. The summed E-state index contributed by atoms with van der Waals surface area (Å²) in [6, 6.07) is 6.87. The molecule has 4 heterocycles. The van der Waals surface area contributed by atoms with Gasteiger partial charge in [0, 0.05) is 31.3 Å². The molecule has 3 aromatic heterocycles. The van der Waals surface area contributed by atoms with Crippen LogP contribution in [0.5, 0.6) is 5.75 Å². The fourth-order valence-corrected chi connectivity index (χ4v) is 3.24. The number of fused-ring (bicyclic) bond motifs is 1. The summed E-state index contributed by atoms with van der Waals surface area (Å²) in [6.45, 7) is 7.98. The summed E-state index contributed by atoms with van der Waals surface area (Å²) in [4.78, 5) is 5.88. The maximum Gasteiger partial charge on any atom is 0.213 e. The minimum absolute atomic E-state index is 0.0947. The van der Waals surface area contributed by atoms with E-state index in [1.165, 1.54) is 12.3 Å². The highest BCUT2D eigenvalue weighted by molar-refractivity contribution is 5.46. The summed E-state index contributed by atoms with van der Waals surface area (Å²) in [5, 5.41) is 13.3. The Balaban J connectivity index is 1.45. The molecule has 0 N–H and O–H groups in total. The van der Waals surface area contributed by atoms with E-state index in [4.69, 9.17) is 9.84 Å². The standard InChI is InChI=1S/C19H23FN6O/c1-19(2,3)18-23-22-16-6-7-17(24-26(16)18)25-10-8-13(9-11-25)27-14-4-5-15(20)21-12-14/h4-7,12-13H,8-11H2,1-3H3. The fourth-order valence-electron chi connectivity index (χ4n) is 3.24. The third-order valence-electron chi connectivity index (χ3n) is 4.69. The normalized spacial score (nSPS) is 16.1. The summed E-state index contributed by atoms with van der Waals surface area (Å²) in [5.74, 6) is 1.87. The van der Waals surface area contributed by atoms with Crippen molar-refractivity contribution < 1.29 is 9.13 Å². The van der Waals surface area contributed by atoms with Gasteiger partial charge < -0.3 is 9.64 Å². The molecule has 0 aromatic carbocycles. The number of rotatable bonds is 3. The average molecular weight is 370 g/mol. The lowest BCUT2D eigenvalue weighted by molar-refractivity contribution is 0.169. The van der Waals surface area contributed by atoms with E-state index in [1.54, 1.807) is 6.07 Å². The van der Waals surface area contributed by atoms with Gasteiger partial charge >= 0.3 is 0 Å². The quantitative estimate of drug-likeness (QED) is 0.660. The van der Waals surface area contributed by atoms with E-state index in [9.17, 15) is 4.39 Å². The molecule has 1 saturated heterocycles. The van der Waals surface area contributed by atoms with E-state index in [0.29, 0.717) is 5.75 Å². The van der Waals surface area contributed by atoms with Gasteiger partial charge in [0.25, 0.3) is 0 Å². The molecule has 7 nitrogen and oxygen atoms in total. The van der Waals surface area contributed by atoms with Gasteiger partial charge in [-0.2, -0.15) is 8.91 Å². The van der Waals surface area contributed by atoms with Gasteiger partial charge in [-0.25, -0.2) is 4.98 Å². The van der Waals surface area contributed by atoms with Gasteiger partial charge in [-0.1, -0.05) is 20.8 Å². The Morgan fingerprint density at radius 3 is 2.52 bits per heavy atom. The topological polar surface area (TPSA) is 68.4 Å². The lowest BCUT2D eigenvalue weighted by Gasteiger charge is -2.32. The first-order valence-corrected chi connectivity index (χ1v) is 9.16. The molecule has 142 valence electrons. The molecule has 0 amide bonds. The van der Waals surface area contributed by atoms with Gasteiger partial charge in [0.1, 0.15) is 17.7 Å². The van der Waals surface area contributed by atoms with Crippen molar-refractivity contribution >= 4 is 11.5 Å². The molecule has 0 saturated carbocycles. The molecule has 0 aliphatic carbocycles. The van der Waals surface area contributed by atoms with Crippen LogP contribution < -0.4 is 9.64 Å². The predicted octanol–water partition coefficient (Wildman–Crippen LogP) is 3.00. The molecular weight excluding hydrogens is 347 g/mol. The van der Waals surface area contributed by atoms with Crippen LogP contribution in [-0.4, -0.2) is 44.0 Å². The molecule has 8 heteroatoms. The van der Waals surface area contributed by atoms with Crippen molar-refractivity contribution in [1.82, 2.24) is 24.8 Å². The van der Waals surface area contributed by atoms with Crippen LogP contribution in [0.15, 0.2) is 30.5 Å². The lowest BCUT2D eigenvalue weighted by atomic mass is 9.96. The smallest absolute Gasteiger partial charge is 0.213 e. The van der Waals surface area contributed by atoms with Gasteiger partial charge in [-0.15, -0.1) is 15.3 Å². The van der Waals surface area contributed by atoms with Crippen molar-refractivity contribution in [1.29, 1.82) is 0 Å². The number of anilines is 1. The van der Waals surface area contributed by atoms with E-state index in [0.717, 1.165) is 43.2 Å². The minimum Gasteiger partial charge on any atom is -0.489 e. The third kappa shape index (κ3) is 3.70. The van der Waals surface area contributed by atoms with Crippen LogP contribution in [0.3, 0.4) is 0 Å². The zero-order valence-electron chi connectivity index (χ0n) is 15.8. The van der Waals surface area contributed by atoms with Crippen LogP contribution in [0, 0.1) is 5.95 Å². The monoisotopic (exact) mass is 370 g/mol. The Morgan fingerprint density at radius 1 is 1.07 bits per heavy atom. The first-order chi connectivity index (χ1) is 12.9. The number of nitrogens with zero attached hydrogens (tertiary/aromatic N) is 6. The molecule has 1 aliphatic heterocycles. The number of piperidine rings is 1. The van der Waals surface area contributed by atoms with Crippen LogP contribution in [0.1, 0.15) is 39.4 Å². The summed E-state index contributed by atoms with van der Waals surface area (Å²) >= 11 is 0. The zero-order chi connectivity index (χ0) is 19.0. The van der Waals surface area contributed by atoms with Crippen molar-refractivity contribution in [2.24, 2.45) is 0 Å². The molecule has 1 aliphatic rings. The van der Waals surface area contributed by atoms with E-state index in [1.807, 2.05) is 16.6 Å². The highest BCUT2D eigenvalue weighted by Gasteiger charge is 2.25. The van der Waals surface area contributed by atoms with Crippen molar-refractivity contribution in [3.63, 3.8) is 0 Å². The summed E-state index contributed by atoms with van der Waals surface area (Å²) in [6.07, 6.45) is 3.26. The number of pyridine rings is 1. The Hall–Kier alpha value is -2.77. The maximum atomic E-state index is 12.9. The molecule has 0 spiro atoms. The summed E-state index contributed by atoms with van der Waals surface area (Å²) in [7, 11) is 0. The Labute approximate surface area is 157 Å². The second-order valence-corrected chi connectivity index (χ2v) is 7.86. The van der Waals surface area contributed by atoms with E-state index >= 15 is 0 Å². The van der Waals surface area contributed by atoms with Gasteiger partial charge in [0.2, 0.25) is 5.95 Å². The molecular formula is C19H23FN6O. The Morgan fingerprint density at radius 2 is 1.85 bits per heavy atom. The van der Waals surface area contributed by atoms with Crippen LogP contribution in [0.25, 0.3) is 5.65 Å². The van der Waals surface area contributed by atoms with E-state index in [2.05, 4.69) is 40.9 Å². The molecule has 0 atom stereocenters. The molecule has 27 heavy (non-hydrogen) atoms. The van der Waals surface area contributed by atoms with E-state index in [-0.39, 0.29) is 11.5 Å². The molecule has 4 rings (SSSR count). The van der Waals surface area contributed by atoms with Gasteiger partial charge in [0.05, 0.1) is 6.20 Å². The van der Waals surface area contributed by atoms with Crippen molar-refractivity contribution in [2.75, 3.05) is 18.0 Å². The summed E-state index contributed by atoms with van der Waals surface area (Å²) < 4.78 is 20.7. The van der Waals surface area contributed by atoms with Gasteiger partial charge in [0.15, 0.2) is 11.5 Å². The third-order valence-corrected chi connectivity index (χ3v) is 4.69. The highest BCUT2D eigenvalue weighted by Crippen LogP contribution is 2.24. The van der Waals surface area contributed by atoms with Crippen LogP contribution in [0.4, 0.5) is 10.2 Å². The lowest BCUT2D eigenvalue weighted by Crippen LogP contribution is -2.39. The molecule has 1 fully saturated rings. The second kappa shape index (κ2) is 6.75. The maximum absolute atomic E-state index is 12.9. The fraction of sp³-hybridized carbons (Fsp3) is 0.474. The van der Waals surface area contributed by atoms with Crippen LogP contribution in [-0.2, 0) is 5.41 Å². The van der Waals surface area contributed by atoms with Crippen molar-refractivity contribution in [3.8, 4) is 5.75 Å². The van der Waals surface area contributed by atoms with Crippen LogP contribution in [0.2, 0.25) is 0 Å². The van der Waals surface area contributed by atoms with Crippen molar-refractivity contribution in [3.05, 3.63) is 42.2 Å². The van der Waals surface area contributed by atoms with Gasteiger partial charge in [-0.05, 0) is 24.3 Å².